The quantitative estimate of drug-likeness (QED) is 0.702. The predicted molar refractivity (Wildman–Crippen MR) is 80.3 cm³/mol. The molecule has 0 fully saturated rings. The van der Waals surface area contributed by atoms with E-state index in [1.54, 1.807) is 12.1 Å². The van der Waals surface area contributed by atoms with Crippen LogP contribution in [0.15, 0.2) is 48.5 Å². The Bertz CT molecular complexity index is 735. The van der Waals surface area contributed by atoms with Gasteiger partial charge in [0.05, 0.1) is 11.0 Å². The highest BCUT2D eigenvalue weighted by Gasteiger charge is 2.13. The Kier molecular flexibility index (Phi) is 3.30. The average molecular weight is 266 g/mol. The molecule has 100 valence electrons. The van der Waals surface area contributed by atoms with Crippen molar-refractivity contribution >= 4 is 23.6 Å². The number of imidazole rings is 1. The fourth-order valence-electron chi connectivity index (χ4n) is 2.40. The summed E-state index contributed by atoms with van der Waals surface area (Å²) in [5.41, 5.74) is 3.48. The number of aromatic nitrogens is 2. The number of fused-ring (bicyclic) bond motifs is 1. The molecule has 0 aliphatic heterocycles. The zero-order valence-corrected chi connectivity index (χ0v) is 11.2. The van der Waals surface area contributed by atoms with Gasteiger partial charge in [-0.3, -0.25) is 4.57 Å². The van der Waals surface area contributed by atoms with Crippen molar-refractivity contribution in [2.45, 2.75) is 13.3 Å². The first kappa shape index (κ1) is 12.9. The number of hydrogen-bond acceptors (Lipinski definition) is 3. The van der Waals surface area contributed by atoms with Crippen LogP contribution >= 0.6 is 0 Å². The Balaban J connectivity index is 2.17. The van der Waals surface area contributed by atoms with Gasteiger partial charge in [0, 0.05) is 12.1 Å². The molecule has 0 saturated heterocycles. The minimum Gasteiger partial charge on any atom is -0.423 e. The van der Waals surface area contributed by atoms with E-state index >= 15 is 0 Å². The van der Waals surface area contributed by atoms with Crippen LogP contribution < -0.4 is 5.46 Å². The number of hydrogen-bond donors (Lipinski definition) is 2. The molecule has 0 saturated carbocycles. The molecule has 0 bridgehead atoms. The Labute approximate surface area is 117 Å². The smallest absolute Gasteiger partial charge is 0.423 e. The normalized spacial score (nSPS) is 10.9. The summed E-state index contributed by atoms with van der Waals surface area (Å²) in [6.07, 6.45) is 0.832. The van der Waals surface area contributed by atoms with Crippen molar-refractivity contribution in [3.05, 3.63) is 54.4 Å². The van der Waals surface area contributed by atoms with Crippen molar-refractivity contribution in [3.8, 4) is 5.69 Å². The lowest BCUT2D eigenvalue weighted by Crippen LogP contribution is -2.29. The molecule has 4 nitrogen and oxygen atoms in total. The van der Waals surface area contributed by atoms with Crippen molar-refractivity contribution in [2.75, 3.05) is 0 Å². The predicted octanol–water partition coefficient (Wildman–Crippen LogP) is 1.27. The second-order valence-corrected chi connectivity index (χ2v) is 4.67. The maximum absolute atomic E-state index is 9.15. The fourth-order valence-corrected chi connectivity index (χ4v) is 2.40. The van der Waals surface area contributed by atoms with Gasteiger partial charge in [0.15, 0.2) is 0 Å². The van der Waals surface area contributed by atoms with E-state index in [0.29, 0.717) is 5.46 Å². The average Bonchev–Trinajstić information content (AvgIpc) is 2.85. The van der Waals surface area contributed by atoms with Crippen molar-refractivity contribution < 1.29 is 10.0 Å². The number of nitrogens with zero attached hydrogens (tertiary/aromatic N) is 2. The molecule has 2 aromatic carbocycles. The molecule has 5 heteroatoms. The van der Waals surface area contributed by atoms with Gasteiger partial charge in [-0.05, 0) is 29.7 Å². The van der Waals surface area contributed by atoms with E-state index in [-0.39, 0.29) is 0 Å². The lowest BCUT2D eigenvalue weighted by atomic mass is 9.80. The van der Waals surface area contributed by atoms with Gasteiger partial charge in [0.2, 0.25) is 0 Å². The van der Waals surface area contributed by atoms with Gasteiger partial charge in [0.25, 0.3) is 0 Å². The first-order valence-electron chi connectivity index (χ1n) is 6.63. The summed E-state index contributed by atoms with van der Waals surface area (Å²) in [5, 5.41) is 18.3. The first-order valence-corrected chi connectivity index (χ1v) is 6.63. The monoisotopic (exact) mass is 266 g/mol. The lowest BCUT2D eigenvalue weighted by molar-refractivity contribution is 0.426. The Morgan fingerprint density at radius 2 is 1.75 bits per heavy atom. The van der Waals surface area contributed by atoms with Crippen LogP contribution in [0, 0.1) is 0 Å². The number of para-hydroxylation sites is 2. The van der Waals surface area contributed by atoms with Gasteiger partial charge in [0.1, 0.15) is 5.82 Å². The molecule has 1 heterocycles. The molecular weight excluding hydrogens is 251 g/mol. The molecule has 0 atom stereocenters. The molecule has 1 aromatic heterocycles. The van der Waals surface area contributed by atoms with Crippen LogP contribution in [0.1, 0.15) is 12.7 Å². The highest BCUT2D eigenvalue weighted by atomic mass is 16.4. The van der Waals surface area contributed by atoms with Gasteiger partial charge in [-0.1, -0.05) is 31.2 Å². The molecule has 20 heavy (non-hydrogen) atoms. The highest BCUT2D eigenvalue weighted by Crippen LogP contribution is 2.21. The van der Waals surface area contributed by atoms with Crippen molar-refractivity contribution in [1.82, 2.24) is 9.55 Å². The van der Waals surface area contributed by atoms with E-state index in [1.807, 2.05) is 36.4 Å². The fraction of sp³-hybridized carbons (Fsp3) is 0.133. The number of benzene rings is 2. The van der Waals surface area contributed by atoms with Crippen molar-refractivity contribution in [1.29, 1.82) is 0 Å². The van der Waals surface area contributed by atoms with Crippen molar-refractivity contribution in [3.63, 3.8) is 0 Å². The van der Waals surface area contributed by atoms with Gasteiger partial charge in [-0.2, -0.15) is 0 Å². The van der Waals surface area contributed by atoms with Crippen LogP contribution in [0.3, 0.4) is 0 Å². The summed E-state index contributed by atoms with van der Waals surface area (Å²) >= 11 is 0. The largest absolute Gasteiger partial charge is 0.488 e. The number of rotatable bonds is 3. The third-order valence-electron chi connectivity index (χ3n) is 3.40. The SMILES string of the molecule is CCc1nc2ccccc2n1-c1ccc(B(O)O)cc1. The van der Waals surface area contributed by atoms with E-state index < -0.39 is 7.12 Å². The van der Waals surface area contributed by atoms with Crippen LogP contribution in [-0.2, 0) is 6.42 Å². The summed E-state index contributed by atoms with van der Waals surface area (Å²) in [7, 11) is -1.44. The molecule has 0 aliphatic carbocycles. The molecular formula is C15H15BN2O2. The maximum atomic E-state index is 9.15. The second-order valence-electron chi connectivity index (χ2n) is 4.67. The topological polar surface area (TPSA) is 58.3 Å². The zero-order chi connectivity index (χ0) is 14.1. The van der Waals surface area contributed by atoms with Gasteiger partial charge in [-0.25, -0.2) is 4.98 Å². The zero-order valence-electron chi connectivity index (χ0n) is 11.2. The van der Waals surface area contributed by atoms with Crippen LogP contribution in [0.4, 0.5) is 0 Å². The molecule has 0 aliphatic rings. The van der Waals surface area contributed by atoms with Crippen LogP contribution in [-0.4, -0.2) is 26.7 Å². The molecule has 0 radical (unpaired) electrons. The Morgan fingerprint density at radius 3 is 2.40 bits per heavy atom. The van der Waals surface area contributed by atoms with E-state index in [4.69, 9.17) is 10.0 Å². The van der Waals surface area contributed by atoms with E-state index in [0.717, 1.165) is 29.0 Å². The summed E-state index contributed by atoms with van der Waals surface area (Å²) in [4.78, 5) is 4.63. The molecule has 0 spiro atoms. The van der Waals surface area contributed by atoms with Crippen LogP contribution in [0.25, 0.3) is 16.7 Å². The third kappa shape index (κ3) is 2.11. The molecule has 0 unspecified atom stereocenters. The Morgan fingerprint density at radius 1 is 1.05 bits per heavy atom. The van der Waals surface area contributed by atoms with Crippen molar-refractivity contribution in [2.24, 2.45) is 0 Å². The summed E-state index contributed by atoms with van der Waals surface area (Å²) in [5.74, 6) is 0.989. The summed E-state index contributed by atoms with van der Waals surface area (Å²) in [6.45, 7) is 2.07. The minimum absolute atomic E-state index is 0.483. The molecule has 2 N–H and O–H groups in total. The second kappa shape index (κ2) is 5.11. The standard InChI is InChI=1S/C15H15BN2O2/c1-2-15-17-13-5-3-4-6-14(13)18(15)12-9-7-11(8-10-12)16(19)20/h3-10,19-20H,2H2,1H3. The van der Waals surface area contributed by atoms with E-state index in [2.05, 4.69) is 16.5 Å². The van der Waals surface area contributed by atoms with Crippen LogP contribution in [0.2, 0.25) is 0 Å². The summed E-state index contributed by atoms with van der Waals surface area (Å²) in [6, 6.07) is 15.2. The van der Waals surface area contributed by atoms with E-state index in [9.17, 15) is 0 Å². The first-order chi connectivity index (χ1) is 9.70. The van der Waals surface area contributed by atoms with Crippen LogP contribution in [0.5, 0.6) is 0 Å². The Hall–Kier alpha value is -2.11. The molecule has 0 amide bonds. The van der Waals surface area contributed by atoms with Gasteiger partial charge < -0.3 is 10.0 Å². The maximum Gasteiger partial charge on any atom is 0.488 e. The summed E-state index contributed by atoms with van der Waals surface area (Å²) < 4.78 is 2.10. The van der Waals surface area contributed by atoms with Gasteiger partial charge >= 0.3 is 7.12 Å². The molecule has 3 rings (SSSR count). The van der Waals surface area contributed by atoms with Gasteiger partial charge in [-0.15, -0.1) is 0 Å². The third-order valence-corrected chi connectivity index (χ3v) is 3.40. The number of aryl methyl sites for hydroxylation is 1. The highest BCUT2D eigenvalue weighted by molar-refractivity contribution is 6.58. The van der Waals surface area contributed by atoms with E-state index in [1.165, 1.54) is 0 Å². The molecule has 3 aromatic rings. The lowest BCUT2D eigenvalue weighted by Gasteiger charge is -2.09. The minimum atomic E-state index is -1.44.